The maximum absolute atomic E-state index is 12.6. The lowest BCUT2D eigenvalue weighted by molar-refractivity contribution is -0.117. The summed E-state index contributed by atoms with van der Waals surface area (Å²) in [5.41, 5.74) is 3.76. The van der Waals surface area contributed by atoms with E-state index in [0.717, 1.165) is 26.9 Å². The molecule has 0 spiro atoms. The molecule has 2 heterocycles. The van der Waals surface area contributed by atoms with Crippen LogP contribution in [0.15, 0.2) is 58.9 Å². The molecule has 2 N–H and O–H groups in total. The number of allylic oxidation sites excluding steroid dienone is 2. The van der Waals surface area contributed by atoms with E-state index in [1.165, 1.54) is 17.8 Å². The number of benzene rings is 2. The molecule has 2 aromatic heterocycles. The molecule has 0 unspecified atom stereocenters. The van der Waals surface area contributed by atoms with Crippen LogP contribution in [0.25, 0.3) is 39.5 Å². The highest BCUT2D eigenvalue weighted by atomic mass is 35.5. The van der Waals surface area contributed by atoms with Crippen molar-refractivity contribution in [3.8, 4) is 17.3 Å². The predicted molar refractivity (Wildman–Crippen MR) is 134 cm³/mol. The molecule has 0 fully saturated rings. The third kappa shape index (κ3) is 4.56. The summed E-state index contributed by atoms with van der Waals surface area (Å²) in [6.07, 6.45) is 1.91. The van der Waals surface area contributed by atoms with E-state index in [9.17, 15) is 9.90 Å². The molecule has 0 amide bonds. The first-order valence-corrected chi connectivity index (χ1v) is 11.3. The van der Waals surface area contributed by atoms with Crippen molar-refractivity contribution in [1.29, 1.82) is 0 Å². The summed E-state index contributed by atoms with van der Waals surface area (Å²) in [6.45, 7) is 9.61. The van der Waals surface area contributed by atoms with E-state index in [1.807, 2.05) is 57.2 Å². The average molecular weight is 464 g/mol. The summed E-state index contributed by atoms with van der Waals surface area (Å²) in [4.78, 5) is 26.6. The molecule has 4 aromatic rings. The summed E-state index contributed by atoms with van der Waals surface area (Å²) in [7, 11) is 0. The zero-order chi connectivity index (χ0) is 23.0. The zero-order valence-electron chi connectivity index (χ0n) is 17.9. The molecule has 0 aliphatic rings. The van der Waals surface area contributed by atoms with Gasteiger partial charge in [-0.2, -0.15) is 0 Å². The van der Waals surface area contributed by atoms with E-state index in [-0.39, 0.29) is 22.5 Å². The molecule has 2 aromatic carbocycles. The maximum atomic E-state index is 12.6. The monoisotopic (exact) mass is 463 g/mol. The molecule has 0 saturated carbocycles. The number of hydrogen-bond donors (Lipinski definition) is 2. The van der Waals surface area contributed by atoms with Crippen LogP contribution < -0.4 is 0 Å². The van der Waals surface area contributed by atoms with Gasteiger partial charge in [-0.15, -0.1) is 0 Å². The molecular formula is C25H22ClN3O2S. The van der Waals surface area contributed by atoms with Crippen molar-refractivity contribution in [2.24, 2.45) is 5.92 Å². The third-order valence-corrected chi connectivity index (χ3v) is 6.05. The van der Waals surface area contributed by atoms with E-state index < -0.39 is 0 Å². The number of nitrogens with zero attached hydrogens (tertiary/aromatic N) is 2. The van der Waals surface area contributed by atoms with Gasteiger partial charge in [0.2, 0.25) is 0 Å². The molecule has 0 atom stereocenters. The third-order valence-electron chi connectivity index (χ3n) is 4.86. The molecule has 5 nitrogen and oxygen atoms in total. The van der Waals surface area contributed by atoms with Gasteiger partial charge in [-0.1, -0.05) is 55.9 Å². The number of pyridine rings is 1. The highest BCUT2D eigenvalue weighted by Gasteiger charge is 2.15. The molecule has 4 rings (SSSR count). The number of aromatic amines is 1. The van der Waals surface area contributed by atoms with E-state index in [0.29, 0.717) is 21.9 Å². The standard InChI is InChI=1S/C25H22ClN3O2S/c1-13(2)24(31)23(32-14(3)4)10-15-5-7-18-16(9-15)6-8-19(27-18)25-28-20-11-17(26)22(30)12-21(20)29-25/h5-13,30H,3H2,1-2,4H3,(H,28,29)/b23-10-. The molecule has 0 aliphatic carbocycles. The smallest absolute Gasteiger partial charge is 0.172 e. The topological polar surface area (TPSA) is 78.9 Å². The number of thioether (sulfide) groups is 1. The largest absolute Gasteiger partial charge is 0.506 e. The second-order valence-electron chi connectivity index (χ2n) is 7.89. The van der Waals surface area contributed by atoms with Crippen LogP contribution in [0.4, 0.5) is 0 Å². The fourth-order valence-electron chi connectivity index (χ4n) is 3.28. The number of phenols is 1. The summed E-state index contributed by atoms with van der Waals surface area (Å²) < 4.78 is 0. The Balaban J connectivity index is 1.70. The maximum Gasteiger partial charge on any atom is 0.172 e. The van der Waals surface area contributed by atoms with E-state index >= 15 is 0 Å². The minimum absolute atomic E-state index is 0.00981. The predicted octanol–water partition coefficient (Wildman–Crippen LogP) is 6.97. The van der Waals surface area contributed by atoms with Crippen molar-refractivity contribution >= 4 is 57.2 Å². The fourth-order valence-corrected chi connectivity index (χ4v) is 4.35. The van der Waals surface area contributed by atoms with Crippen LogP contribution in [0.5, 0.6) is 5.75 Å². The number of rotatable bonds is 6. The van der Waals surface area contributed by atoms with Gasteiger partial charge in [0, 0.05) is 17.4 Å². The van der Waals surface area contributed by atoms with Crippen LogP contribution in [0.2, 0.25) is 5.02 Å². The van der Waals surface area contributed by atoms with Gasteiger partial charge in [0.25, 0.3) is 0 Å². The number of imidazole rings is 1. The fraction of sp³-hybridized carbons (Fsp3) is 0.160. The Morgan fingerprint density at radius 2 is 1.94 bits per heavy atom. The molecule has 7 heteroatoms. The Morgan fingerprint density at radius 3 is 2.66 bits per heavy atom. The Kier molecular flexibility index (Phi) is 6.09. The van der Waals surface area contributed by atoms with Gasteiger partial charge in [0.1, 0.15) is 11.4 Å². The van der Waals surface area contributed by atoms with Gasteiger partial charge in [-0.3, -0.25) is 4.79 Å². The Labute approximate surface area is 195 Å². The van der Waals surface area contributed by atoms with Crippen molar-refractivity contribution in [1.82, 2.24) is 15.0 Å². The second-order valence-corrected chi connectivity index (χ2v) is 9.63. The Bertz CT molecular complexity index is 1370. The molecular weight excluding hydrogens is 442 g/mol. The highest BCUT2D eigenvalue weighted by Crippen LogP contribution is 2.31. The Hall–Kier alpha value is -3.09. The van der Waals surface area contributed by atoms with Crippen molar-refractivity contribution in [2.45, 2.75) is 20.8 Å². The quantitative estimate of drug-likeness (QED) is 0.302. The lowest BCUT2D eigenvalue weighted by atomic mass is 10.1. The minimum atomic E-state index is -0.0848. The number of fused-ring (bicyclic) bond motifs is 2. The number of Topliss-reactive ketones (excluding diaryl/α,β-unsaturated/α-hetero) is 1. The number of hydrogen-bond acceptors (Lipinski definition) is 5. The first-order valence-electron chi connectivity index (χ1n) is 10.1. The molecule has 0 saturated heterocycles. The van der Waals surface area contributed by atoms with Gasteiger partial charge in [0.05, 0.1) is 26.5 Å². The van der Waals surface area contributed by atoms with E-state index in [1.54, 1.807) is 6.07 Å². The van der Waals surface area contributed by atoms with Crippen molar-refractivity contribution in [3.63, 3.8) is 0 Å². The number of aromatic hydroxyl groups is 1. The summed E-state index contributed by atoms with van der Waals surface area (Å²) in [5, 5.41) is 11.0. The molecule has 32 heavy (non-hydrogen) atoms. The number of ketones is 1. The molecule has 162 valence electrons. The van der Waals surface area contributed by atoms with Crippen molar-refractivity contribution < 1.29 is 9.90 Å². The average Bonchev–Trinajstić information content (AvgIpc) is 3.14. The molecule has 0 aliphatic heterocycles. The first kappa shape index (κ1) is 22.1. The van der Waals surface area contributed by atoms with Crippen LogP contribution in [0.3, 0.4) is 0 Å². The second kappa shape index (κ2) is 8.81. The van der Waals surface area contributed by atoms with Crippen LogP contribution in [-0.4, -0.2) is 25.8 Å². The van der Waals surface area contributed by atoms with Crippen LogP contribution in [-0.2, 0) is 4.79 Å². The normalized spacial score (nSPS) is 12.1. The number of H-pyrrole nitrogens is 1. The number of carbonyl (C=O) groups excluding carboxylic acids is 1. The number of halogens is 1. The van der Waals surface area contributed by atoms with Crippen molar-refractivity contribution in [3.05, 3.63) is 69.4 Å². The highest BCUT2D eigenvalue weighted by molar-refractivity contribution is 8.07. The minimum Gasteiger partial charge on any atom is -0.506 e. The first-order chi connectivity index (χ1) is 15.2. The zero-order valence-corrected chi connectivity index (χ0v) is 19.5. The van der Waals surface area contributed by atoms with E-state index in [2.05, 4.69) is 16.5 Å². The SMILES string of the molecule is C=C(C)S/C(=C\c1ccc2nc(-c3nc4cc(O)c(Cl)cc4[nH]3)ccc2c1)C(=O)C(C)C. The Morgan fingerprint density at radius 1 is 1.16 bits per heavy atom. The molecule has 0 radical (unpaired) electrons. The summed E-state index contributed by atoms with van der Waals surface area (Å²) >= 11 is 7.39. The lowest BCUT2D eigenvalue weighted by Crippen LogP contribution is -2.08. The summed E-state index contributed by atoms with van der Waals surface area (Å²) in [5.74, 6) is 0.598. The van der Waals surface area contributed by atoms with Crippen LogP contribution in [0, 0.1) is 5.92 Å². The van der Waals surface area contributed by atoms with Gasteiger partial charge in [-0.05, 0) is 47.7 Å². The van der Waals surface area contributed by atoms with E-state index in [4.69, 9.17) is 16.6 Å². The number of nitrogens with one attached hydrogen (secondary N) is 1. The van der Waals surface area contributed by atoms with Gasteiger partial charge >= 0.3 is 0 Å². The van der Waals surface area contributed by atoms with Crippen LogP contribution >= 0.6 is 23.4 Å². The van der Waals surface area contributed by atoms with Gasteiger partial charge in [-0.25, -0.2) is 9.97 Å². The lowest BCUT2D eigenvalue weighted by Gasteiger charge is -2.09. The summed E-state index contributed by atoms with van der Waals surface area (Å²) in [6, 6.07) is 12.9. The molecule has 0 bridgehead atoms. The van der Waals surface area contributed by atoms with Crippen molar-refractivity contribution in [2.75, 3.05) is 0 Å². The number of aromatic nitrogens is 3. The van der Waals surface area contributed by atoms with Crippen LogP contribution in [0.1, 0.15) is 26.3 Å². The van der Waals surface area contributed by atoms with Gasteiger partial charge < -0.3 is 10.1 Å². The number of carbonyl (C=O) groups is 1. The van der Waals surface area contributed by atoms with Gasteiger partial charge in [0.15, 0.2) is 11.6 Å². The number of phenolic OH excluding ortho intramolecular Hbond substituents is 1.